The molecule has 0 unspecified atom stereocenters. The predicted octanol–water partition coefficient (Wildman–Crippen LogP) is 0.422. The van der Waals surface area contributed by atoms with Gasteiger partial charge in [0, 0.05) is 0 Å². The molecular formula is C8H6N4OS. The molecule has 0 radical (unpaired) electrons. The van der Waals surface area contributed by atoms with Crippen molar-refractivity contribution >= 4 is 17.6 Å². The lowest BCUT2D eigenvalue weighted by Crippen LogP contribution is -2.16. The largest absolute Gasteiger partial charge is 0.384 e. The maximum atomic E-state index is 11.5. The summed E-state index contributed by atoms with van der Waals surface area (Å²) in [5.41, 5.74) is 4.54. The van der Waals surface area contributed by atoms with Gasteiger partial charge in [0.2, 0.25) is 5.43 Å². The van der Waals surface area contributed by atoms with Gasteiger partial charge in [-0.05, 0) is 6.26 Å². The second-order valence-electron chi connectivity index (χ2n) is 2.37. The number of aromatic amines is 1. The first-order chi connectivity index (χ1) is 6.65. The number of nitrogens with zero attached hydrogens (tertiary/aromatic N) is 2. The Morgan fingerprint density at radius 1 is 1.36 bits per heavy atom. The molecule has 0 saturated carbocycles. The maximum Gasteiger partial charge on any atom is 0.220 e. The van der Waals surface area contributed by atoms with Crippen molar-refractivity contribution in [2.24, 2.45) is 0 Å². The molecular weight excluding hydrogens is 200 g/mol. The average molecular weight is 206 g/mol. The van der Waals surface area contributed by atoms with E-state index >= 15 is 0 Å². The van der Waals surface area contributed by atoms with E-state index in [9.17, 15) is 4.79 Å². The van der Waals surface area contributed by atoms with Crippen molar-refractivity contribution in [1.82, 2.24) is 4.98 Å². The number of hydrogen-bond donors (Lipinski definition) is 2. The van der Waals surface area contributed by atoms with Crippen LogP contribution in [0.25, 0.3) is 0 Å². The van der Waals surface area contributed by atoms with E-state index in [0.29, 0.717) is 5.03 Å². The second kappa shape index (κ2) is 3.86. The van der Waals surface area contributed by atoms with Gasteiger partial charge in [0.25, 0.3) is 0 Å². The molecule has 0 fully saturated rings. The van der Waals surface area contributed by atoms with Crippen LogP contribution in [-0.2, 0) is 0 Å². The zero-order valence-electron chi connectivity index (χ0n) is 7.29. The second-order valence-corrected chi connectivity index (χ2v) is 3.19. The molecule has 14 heavy (non-hydrogen) atoms. The van der Waals surface area contributed by atoms with Crippen molar-refractivity contribution in [1.29, 1.82) is 10.5 Å². The molecule has 5 nitrogen and oxygen atoms in total. The molecule has 0 aliphatic heterocycles. The van der Waals surface area contributed by atoms with Crippen molar-refractivity contribution in [3.8, 4) is 12.1 Å². The zero-order valence-corrected chi connectivity index (χ0v) is 8.10. The van der Waals surface area contributed by atoms with Crippen LogP contribution in [0.15, 0.2) is 9.82 Å². The van der Waals surface area contributed by atoms with E-state index in [0.717, 1.165) is 0 Å². The molecule has 0 bridgehead atoms. The van der Waals surface area contributed by atoms with Crippen LogP contribution in [0.2, 0.25) is 0 Å². The van der Waals surface area contributed by atoms with Gasteiger partial charge in [-0.1, -0.05) is 0 Å². The van der Waals surface area contributed by atoms with E-state index in [4.69, 9.17) is 16.3 Å². The van der Waals surface area contributed by atoms with Crippen molar-refractivity contribution in [2.75, 3.05) is 12.0 Å². The van der Waals surface area contributed by atoms with E-state index in [2.05, 4.69) is 4.98 Å². The Labute approximate surface area is 84.2 Å². The number of anilines is 1. The molecule has 0 amide bonds. The van der Waals surface area contributed by atoms with Crippen molar-refractivity contribution in [2.45, 2.75) is 5.03 Å². The molecule has 1 aromatic heterocycles. The highest BCUT2D eigenvalue weighted by molar-refractivity contribution is 7.98. The molecule has 1 rings (SSSR count). The van der Waals surface area contributed by atoms with E-state index in [1.807, 2.05) is 0 Å². The number of nitriles is 2. The standard InChI is InChI=1S/C8H6N4OS/c1-14-8-5(3-10)6(13)4(2-9)7(11)12-8/h1H3,(H3,11,12,13). The van der Waals surface area contributed by atoms with Crippen LogP contribution in [0.1, 0.15) is 11.1 Å². The molecule has 0 aliphatic carbocycles. The van der Waals surface area contributed by atoms with Gasteiger partial charge in [0.05, 0.1) is 5.03 Å². The summed E-state index contributed by atoms with van der Waals surface area (Å²) in [4.78, 5) is 14.1. The first kappa shape index (κ1) is 10.2. The maximum absolute atomic E-state index is 11.5. The molecule has 0 aromatic carbocycles. The van der Waals surface area contributed by atoms with E-state index < -0.39 is 5.43 Å². The van der Waals surface area contributed by atoms with Crippen LogP contribution in [0.5, 0.6) is 0 Å². The van der Waals surface area contributed by atoms with Crippen LogP contribution in [0, 0.1) is 22.7 Å². The Balaban J connectivity index is 3.69. The summed E-state index contributed by atoms with van der Waals surface area (Å²) in [5.74, 6) is 0.000787. The van der Waals surface area contributed by atoms with Crippen LogP contribution in [0.4, 0.5) is 5.82 Å². The lowest BCUT2D eigenvalue weighted by Gasteiger charge is -2.03. The number of rotatable bonds is 1. The average Bonchev–Trinajstić information content (AvgIpc) is 2.17. The minimum atomic E-state index is -0.615. The third-order valence-corrected chi connectivity index (χ3v) is 2.34. The Morgan fingerprint density at radius 2 is 1.93 bits per heavy atom. The molecule has 3 N–H and O–H groups in total. The fraction of sp³-hybridized carbons (Fsp3) is 0.125. The fourth-order valence-electron chi connectivity index (χ4n) is 0.963. The summed E-state index contributed by atoms with van der Waals surface area (Å²) >= 11 is 1.20. The number of thioether (sulfide) groups is 1. The number of pyridine rings is 1. The summed E-state index contributed by atoms with van der Waals surface area (Å²) in [6.45, 7) is 0. The van der Waals surface area contributed by atoms with Crippen LogP contribution in [0.3, 0.4) is 0 Å². The summed E-state index contributed by atoms with van der Waals surface area (Å²) < 4.78 is 0. The molecule has 0 aliphatic rings. The lowest BCUT2D eigenvalue weighted by molar-refractivity contribution is 1.10. The predicted molar refractivity (Wildman–Crippen MR) is 52.7 cm³/mol. The van der Waals surface area contributed by atoms with Crippen molar-refractivity contribution < 1.29 is 0 Å². The number of H-pyrrole nitrogens is 1. The summed E-state index contributed by atoms with van der Waals surface area (Å²) in [6.07, 6.45) is 1.71. The van der Waals surface area contributed by atoms with E-state index in [1.165, 1.54) is 11.8 Å². The van der Waals surface area contributed by atoms with Gasteiger partial charge in [-0.3, -0.25) is 4.79 Å². The summed E-state index contributed by atoms with van der Waals surface area (Å²) in [7, 11) is 0. The van der Waals surface area contributed by atoms with Gasteiger partial charge in [-0.2, -0.15) is 10.5 Å². The van der Waals surface area contributed by atoms with Gasteiger partial charge in [0.1, 0.15) is 29.1 Å². The number of nitrogens with one attached hydrogen (secondary N) is 1. The van der Waals surface area contributed by atoms with Gasteiger partial charge in [-0.15, -0.1) is 11.8 Å². The first-order valence-electron chi connectivity index (χ1n) is 3.55. The van der Waals surface area contributed by atoms with Gasteiger partial charge < -0.3 is 10.7 Å². The molecule has 1 heterocycles. The summed E-state index contributed by atoms with van der Waals surface area (Å²) in [6, 6.07) is 3.41. The highest BCUT2D eigenvalue weighted by Crippen LogP contribution is 2.17. The Morgan fingerprint density at radius 3 is 2.36 bits per heavy atom. The third kappa shape index (κ3) is 1.43. The highest BCUT2D eigenvalue weighted by atomic mass is 32.2. The smallest absolute Gasteiger partial charge is 0.220 e. The highest BCUT2D eigenvalue weighted by Gasteiger charge is 2.13. The SMILES string of the molecule is CSc1[nH]c(N)c(C#N)c(=O)c1C#N. The number of hydrogen-bond acceptors (Lipinski definition) is 5. The van der Waals surface area contributed by atoms with Gasteiger partial charge in [0.15, 0.2) is 0 Å². The van der Waals surface area contributed by atoms with Crippen LogP contribution >= 0.6 is 11.8 Å². The molecule has 70 valence electrons. The van der Waals surface area contributed by atoms with Gasteiger partial charge in [-0.25, -0.2) is 0 Å². The number of aromatic nitrogens is 1. The van der Waals surface area contributed by atoms with E-state index in [1.54, 1.807) is 18.4 Å². The Hall–Kier alpha value is -1.92. The minimum Gasteiger partial charge on any atom is -0.384 e. The van der Waals surface area contributed by atoms with Crippen molar-refractivity contribution in [3.63, 3.8) is 0 Å². The number of nitrogen functional groups attached to an aromatic ring is 1. The monoisotopic (exact) mass is 206 g/mol. The zero-order chi connectivity index (χ0) is 10.7. The molecule has 0 spiro atoms. The number of nitrogens with two attached hydrogens (primary N) is 1. The minimum absolute atomic E-state index is 0.000787. The van der Waals surface area contributed by atoms with E-state index in [-0.39, 0.29) is 16.9 Å². The fourth-order valence-corrected chi connectivity index (χ4v) is 1.52. The summed E-state index contributed by atoms with van der Waals surface area (Å²) in [5, 5.41) is 17.7. The third-order valence-electron chi connectivity index (χ3n) is 1.63. The van der Waals surface area contributed by atoms with Gasteiger partial charge >= 0.3 is 0 Å². The molecule has 0 atom stereocenters. The Bertz CT molecular complexity index is 506. The Kier molecular flexibility index (Phi) is 2.80. The normalized spacial score (nSPS) is 9.07. The quantitative estimate of drug-likeness (QED) is 0.647. The molecule has 0 saturated heterocycles. The van der Waals surface area contributed by atoms with Crippen LogP contribution in [-0.4, -0.2) is 11.2 Å². The molecule has 1 aromatic rings. The first-order valence-corrected chi connectivity index (χ1v) is 4.78. The molecule has 6 heteroatoms. The lowest BCUT2D eigenvalue weighted by atomic mass is 10.2. The van der Waals surface area contributed by atoms with Crippen molar-refractivity contribution in [3.05, 3.63) is 21.4 Å². The van der Waals surface area contributed by atoms with Crippen LogP contribution < -0.4 is 11.2 Å². The topological polar surface area (TPSA) is 106 Å².